The number of carboxylic acids is 1. The van der Waals surface area contributed by atoms with Crippen molar-refractivity contribution in [1.29, 1.82) is 0 Å². The molecule has 6 nitrogen and oxygen atoms in total. The summed E-state index contributed by atoms with van der Waals surface area (Å²) in [4.78, 5) is 13.0. The minimum absolute atomic E-state index is 0.158. The van der Waals surface area contributed by atoms with Crippen LogP contribution in [0.4, 0.5) is 0 Å². The number of rotatable bonds is 11. The van der Waals surface area contributed by atoms with E-state index in [0.29, 0.717) is 19.6 Å². The average molecular weight is 416 g/mol. The highest BCUT2D eigenvalue weighted by molar-refractivity contribution is 5.87. The zero-order valence-electron chi connectivity index (χ0n) is 18.0. The molecule has 0 amide bonds. The second kappa shape index (κ2) is 11.3. The van der Waals surface area contributed by atoms with Crippen molar-refractivity contribution in [3.63, 3.8) is 0 Å². The number of methoxy groups -OCH3 is 1. The van der Waals surface area contributed by atoms with Gasteiger partial charge >= 0.3 is 5.97 Å². The van der Waals surface area contributed by atoms with Crippen LogP contribution in [0.2, 0.25) is 0 Å². The summed E-state index contributed by atoms with van der Waals surface area (Å²) < 4.78 is 17.4. The van der Waals surface area contributed by atoms with E-state index in [-0.39, 0.29) is 18.6 Å². The molecular weight excluding hydrogens is 382 g/mol. The van der Waals surface area contributed by atoms with Gasteiger partial charge in [0.2, 0.25) is 0 Å². The van der Waals surface area contributed by atoms with Gasteiger partial charge in [-0.05, 0) is 67.4 Å². The fourth-order valence-electron chi connectivity index (χ4n) is 4.02. The predicted molar refractivity (Wildman–Crippen MR) is 117 cm³/mol. The smallest absolute Gasteiger partial charge is 0.303 e. The van der Waals surface area contributed by atoms with Crippen LogP contribution in [0.1, 0.15) is 44.1 Å². The quantitative estimate of drug-likeness (QED) is 0.591. The van der Waals surface area contributed by atoms with Crippen LogP contribution >= 0.6 is 0 Å². The molecule has 0 aliphatic carbocycles. The topological polar surface area (TPSA) is 68.2 Å². The molecule has 0 atom stereocenters. The van der Waals surface area contributed by atoms with Gasteiger partial charge in [0.25, 0.3) is 0 Å². The summed E-state index contributed by atoms with van der Waals surface area (Å²) in [5.41, 5.74) is 1.25. The highest BCUT2D eigenvalue weighted by Crippen LogP contribution is 2.31. The van der Waals surface area contributed by atoms with Gasteiger partial charge in [-0.25, -0.2) is 0 Å². The fourth-order valence-corrected chi connectivity index (χ4v) is 4.02. The van der Waals surface area contributed by atoms with Gasteiger partial charge in [0.1, 0.15) is 5.75 Å². The van der Waals surface area contributed by atoms with Crippen molar-refractivity contribution in [3.8, 4) is 5.75 Å². The fraction of sp³-hybridized carbons (Fsp3) is 0.542. The summed E-state index contributed by atoms with van der Waals surface area (Å²) in [6.45, 7) is 6.12. The van der Waals surface area contributed by atoms with Crippen LogP contribution in [0, 0.1) is 0 Å². The molecule has 1 saturated heterocycles. The van der Waals surface area contributed by atoms with Crippen LogP contribution in [0.15, 0.2) is 36.4 Å². The van der Waals surface area contributed by atoms with E-state index in [1.807, 2.05) is 6.07 Å². The van der Waals surface area contributed by atoms with Gasteiger partial charge in [-0.15, -0.1) is 0 Å². The molecule has 1 heterocycles. The Hall–Kier alpha value is -2.15. The summed E-state index contributed by atoms with van der Waals surface area (Å²) in [6.07, 6.45) is 2.60. The third-order valence-electron chi connectivity index (χ3n) is 5.75. The Morgan fingerprint density at radius 1 is 1.17 bits per heavy atom. The monoisotopic (exact) mass is 415 g/mol. The van der Waals surface area contributed by atoms with Crippen LogP contribution in [0.25, 0.3) is 10.8 Å². The largest absolute Gasteiger partial charge is 0.497 e. The number of benzene rings is 2. The second-order valence-electron chi connectivity index (χ2n) is 7.80. The van der Waals surface area contributed by atoms with E-state index >= 15 is 0 Å². The molecular formula is C24H33NO5. The van der Waals surface area contributed by atoms with Crippen molar-refractivity contribution < 1.29 is 24.1 Å². The first-order valence-corrected chi connectivity index (χ1v) is 10.8. The van der Waals surface area contributed by atoms with Crippen molar-refractivity contribution in [2.45, 2.75) is 44.8 Å². The Balaban J connectivity index is 1.46. The van der Waals surface area contributed by atoms with Crippen molar-refractivity contribution in [2.24, 2.45) is 0 Å². The molecule has 1 N–H and O–H groups in total. The van der Waals surface area contributed by atoms with E-state index in [4.69, 9.17) is 19.3 Å². The number of aliphatic carboxylic acids is 1. The standard InChI is InChI=1S/C24H33NO5/c1-3-25(13-5-9-23(26)27)14-6-10-24-29-16-19(17-30-24)21-8-4-7-18-15-20(28-2)11-12-22(18)21/h4,7-8,11-12,15,19,24H,3,5-6,9-10,13-14,16-17H2,1-2H3,(H,26,27). The third-order valence-corrected chi connectivity index (χ3v) is 5.75. The second-order valence-corrected chi connectivity index (χ2v) is 7.80. The van der Waals surface area contributed by atoms with Crippen molar-refractivity contribution in [1.82, 2.24) is 4.90 Å². The molecule has 0 radical (unpaired) electrons. The Morgan fingerprint density at radius 2 is 1.93 bits per heavy atom. The SMILES string of the molecule is CCN(CCCC(=O)O)CCCC1OCC(c2cccc3cc(OC)ccc23)CO1. The first kappa shape index (κ1) is 22.5. The van der Waals surface area contributed by atoms with Crippen LogP contribution in [0.5, 0.6) is 5.75 Å². The Bertz CT molecular complexity index is 816. The van der Waals surface area contributed by atoms with Gasteiger partial charge in [-0.1, -0.05) is 31.2 Å². The number of carbonyl (C=O) groups is 1. The lowest BCUT2D eigenvalue weighted by Crippen LogP contribution is -2.32. The summed E-state index contributed by atoms with van der Waals surface area (Å²) in [5, 5.41) is 11.2. The molecule has 3 rings (SSSR count). The average Bonchev–Trinajstić information content (AvgIpc) is 2.77. The summed E-state index contributed by atoms with van der Waals surface area (Å²) in [6, 6.07) is 12.5. The highest BCUT2D eigenvalue weighted by Gasteiger charge is 2.24. The highest BCUT2D eigenvalue weighted by atomic mass is 16.7. The predicted octanol–water partition coefficient (Wildman–Crippen LogP) is 4.27. The van der Waals surface area contributed by atoms with Crippen molar-refractivity contribution in [2.75, 3.05) is 40.0 Å². The summed E-state index contributed by atoms with van der Waals surface area (Å²) in [5.74, 6) is 0.358. The number of ether oxygens (including phenoxy) is 3. The first-order valence-electron chi connectivity index (χ1n) is 10.8. The van der Waals surface area contributed by atoms with Gasteiger partial charge in [0.05, 0.1) is 20.3 Å². The molecule has 6 heteroatoms. The molecule has 2 aromatic rings. The molecule has 0 saturated carbocycles. The van der Waals surface area contributed by atoms with Gasteiger partial charge < -0.3 is 24.2 Å². The molecule has 0 spiro atoms. The van der Waals surface area contributed by atoms with Crippen molar-refractivity contribution >= 4 is 16.7 Å². The molecule has 0 unspecified atom stereocenters. The number of hydrogen-bond donors (Lipinski definition) is 1. The number of carboxylic acid groups (broad SMARTS) is 1. The number of nitrogens with zero attached hydrogens (tertiary/aromatic N) is 1. The maximum Gasteiger partial charge on any atom is 0.303 e. The first-order chi connectivity index (χ1) is 14.6. The van der Waals surface area contributed by atoms with E-state index in [9.17, 15) is 4.79 Å². The molecule has 2 aromatic carbocycles. The molecule has 1 aliphatic rings. The van der Waals surface area contributed by atoms with E-state index in [1.165, 1.54) is 10.9 Å². The molecule has 1 aliphatic heterocycles. The zero-order valence-corrected chi connectivity index (χ0v) is 18.0. The lowest BCUT2D eigenvalue weighted by molar-refractivity contribution is -0.190. The Labute approximate surface area is 178 Å². The molecule has 30 heavy (non-hydrogen) atoms. The van der Waals surface area contributed by atoms with Gasteiger partial charge in [-0.3, -0.25) is 4.79 Å². The third kappa shape index (κ3) is 6.17. The van der Waals surface area contributed by atoms with Crippen LogP contribution in [0.3, 0.4) is 0 Å². The zero-order chi connectivity index (χ0) is 21.3. The van der Waals surface area contributed by atoms with Crippen LogP contribution in [-0.4, -0.2) is 62.2 Å². The van der Waals surface area contributed by atoms with E-state index in [1.54, 1.807) is 7.11 Å². The van der Waals surface area contributed by atoms with Gasteiger partial charge in [0.15, 0.2) is 6.29 Å². The molecule has 164 valence electrons. The molecule has 0 bridgehead atoms. The maximum absolute atomic E-state index is 10.7. The van der Waals surface area contributed by atoms with Crippen LogP contribution in [-0.2, 0) is 14.3 Å². The lowest BCUT2D eigenvalue weighted by atomic mass is 9.94. The minimum atomic E-state index is -0.727. The number of hydrogen-bond acceptors (Lipinski definition) is 5. The minimum Gasteiger partial charge on any atom is -0.497 e. The van der Waals surface area contributed by atoms with E-state index in [0.717, 1.165) is 43.6 Å². The summed E-state index contributed by atoms with van der Waals surface area (Å²) >= 11 is 0. The molecule has 1 fully saturated rings. The molecule has 0 aromatic heterocycles. The Kier molecular flexibility index (Phi) is 8.49. The van der Waals surface area contributed by atoms with E-state index < -0.39 is 5.97 Å². The van der Waals surface area contributed by atoms with Crippen LogP contribution < -0.4 is 4.74 Å². The van der Waals surface area contributed by atoms with Crippen molar-refractivity contribution in [3.05, 3.63) is 42.0 Å². The van der Waals surface area contributed by atoms with Gasteiger partial charge in [0, 0.05) is 12.3 Å². The number of fused-ring (bicyclic) bond motifs is 1. The normalized spacial score (nSPS) is 19.3. The lowest BCUT2D eigenvalue weighted by Gasteiger charge is -2.31. The Morgan fingerprint density at radius 3 is 2.63 bits per heavy atom. The summed E-state index contributed by atoms with van der Waals surface area (Å²) in [7, 11) is 1.68. The maximum atomic E-state index is 10.7. The van der Waals surface area contributed by atoms with E-state index in [2.05, 4.69) is 42.2 Å². The van der Waals surface area contributed by atoms with Gasteiger partial charge in [-0.2, -0.15) is 0 Å².